The molecule has 1 heterocycles. The molecule has 0 amide bonds. The largest absolute Gasteiger partial charge is 0.394 e. The maximum Gasteiger partial charge on any atom is 0.161 e. The molecular weight excluding hydrogens is 322 g/mol. The third kappa shape index (κ3) is 3.81. The van der Waals surface area contributed by atoms with Crippen LogP contribution in [-0.4, -0.2) is 43.3 Å². The summed E-state index contributed by atoms with van der Waals surface area (Å²) >= 11 is 3.47. The number of benzene rings is 1. The van der Waals surface area contributed by atoms with Crippen molar-refractivity contribution in [2.45, 2.75) is 25.9 Å². The first-order chi connectivity index (χ1) is 9.61. The van der Waals surface area contributed by atoms with Crippen molar-refractivity contribution >= 4 is 27.4 Å². The number of piperidine rings is 1. The molecular formula is C15H20BrNO3. The van der Waals surface area contributed by atoms with E-state index in [9.17, 15) is 4.79 Å². The fourth-order valence-corrected chi connectivity index (χ4v) is 2.90. The van der Waals surface area contributed by atoms with Crippen LogP contribution < -0.4 is 4.90 Å². The molecule has 1 aromatic rings. The van der Waals surface area contributed by atoms with E-state index in [0.29, 0.717) is 6.61 Å². The molecule has 1 aromatic carbocycles. The van der Waals surface area contributed by atoms with E-state index in [-0.39, 0.29) is 18.5 Å². The number of halogens is 1. The maximum atomic E-state index is 11.7. The van der Waals surface area contributed by atoms with Crippen LogP contribution in [0.15, 0.2) is 22.7 Å². The van der Waals surface area contributed by atoms with Gasteiger partial charge in [-0.3, -0.25) is 4.79 Å². The Labute approximate surface area is 127 Å². The van der Waals surface area contributed by atoms with Crippen LogP contribution in [0.4, 0.5) is 5.69 Å². The highest BCUT2D eigenvalue weighted by atomic mass is 79.9. The Morgan fingerprint density at radius 2 is 2.15 bits per heavy atom. The van der Waals surface area contributed by atoms with Crippen molar-refractivity contribution < 1.29 is 14.6 Å². The number of rotatable bonds is 5. The zero-order valence-corrected chi connectivity index (χ0v) is 13.2. The number of aliphatic hydroxyl groups is 1. The molecule has 110 valence electrons. The molecule has 0 bridgehead atoms. The Morgan fingerprint density at radius 3 is 2.75 bits per heavy atom. The quantitative estimate of drug-likeness (QED) is 0.836. The summed E-state index contributed by atoms with van der Waals surface area (Å²) < 4.78 is 6.55. The molecule has 1 saturated heterocycles. The van der Waals surface area contributed by atoms with Gasteiger partial charge in [-0.25, -0.2) is 0 Å². The summed E-state index contributed by atoms with van der Waals surface area (Å²) in [6.07, 6.45) is 2.06. The van der Waals surface area contributed by atoms with Crippen LogP contribution in [0.3, 0.4) is 0 Å². The number of anilines is 1. The van der Waals surface area contributed by atoms with Crippen molar-refractivity contribution in [3.8, 4) is 0 Å². The Balaban J connectivity index is 2.06. The lowest BCUT2D eigenvalue weighted by atomic mass is 10.0. The number of ketones is 1. The lowest BCUT2D eigenvalue weighted by molar-refractivity contribution is 0.0159. The number of Topliss-reactive ketones (excluding diaryl/α,β-unsaturated/α-hetero) is 1. The van der Waals surface area contributed by atoms with Crippen molar-refractivity contribution in [1.29, 1.82) is 0 Å². The molecule has 0 aliphatic carbocycles. The molecule has 1 aliphatic heterocycles. The van der Waals surface area contributed by atoms with Gasteiger partial charge in [-0.2, -0.15) is 0 Å². The third-order valence-corrected chi connectivity index (χ3v) is 4.06. The van der Waals surface area contributed by atoms with Gasteiger partial charge >= 0.3 is 0 Å². The Hall–Kier alpha value is -0.910. The predicted octanol–water partition coefficient (Wildman–Crippen LogP) is 2.63. The standard InChI is InChI=1S/C15H20BrNO3/c1-11(19)14-3-2-12(16)10-15(14)17-6-4-13(5-7-17)20-9-8-18/h2-3,10,13,18H,4-9H2,1H3. The molecule has 0 radical (unpaired) electrons. The van der Waals surface area contributed by atoms with Gasteiger partial charge in [-0.05, 0) is 38.0 Å². The number of hydrogen-bond donors (Lipinski definition) is 1. The molecule has 4 nitrogen and oxygen atoms in total. The normalized spacial score (nSPS) is 16.4. The summed E-state index contributed by atoms with van der Waals surface area (Å²) in [4.78, 5) is 14.0. The molecule has 0 atom stereocenters. The second kappa shape index (κ2) is 7.20. The third-order valence-electron chi connectivity index (χ3n) is 3.57. The van der Waals surface area contributed by atoms with Crippen LogP contribution >= 0.6 is 15.9 Å². The molecule has 0 aromatic heterocycles. The Bertz CT molecular complexity index is 470. The molecule has 1 N–H and O–H groups in total. The monoisotopic (exact) mass is 341 g/mol. The Kier molecular flexibility index (Phi) is 5.57. The summed E-state index contributed by atoms with van der Waals surface area (Å²) in [5, 5.41) is 8.78. The summed E-state index contributed by atoms with van der Waals surface area (Å²) in [5.74, 6) is 0.0890. The van der Waals surface area contributed by atoms with E-state index in [1.54, 1.807) is 6.92 Å². The van der Waals surface area contributed by atoms with Gasteiger partial charge in [-0.15, -0.1) is 0 Å². The van der Waals surface area contributed by atoms with E-state index in [2.05, 4.69) is 20.8 Å². The zero-order valence-electron chi connectivity index (χ0n) is 11.6. The van der Waals surface area contributed by atoms with E-state index in [1.807, 2.05) is 18.2 Å². The van der Waals surface area contributed by atoms with E-state index in [1.165, 1.54) is 0 Å². The van der Waals surface area contributed by atoms with Gasteiger partial charge in [0.15, 0.2) is 5.78 Å². The first kappa shape index (κ1) is 15.5. The molecule has 0 spiro atoms. The van der Waals surface area contributed by atoms with Gasteiger partial charge < -0.3 is 14.7 Å². The number of hydrogen-bond acceptors (Lipinski definition) is 4. The topological polar surface area (TPSA) is 49.8 Å². The van der Waals surface area contributed by atoms with Crippen molar-refractivity contribution in [2.24, 2.45) is 0 Å². The second-order valence-electron chi connectivity index (χ2n) is 5.00. The molecule has 1 aliphatic rings. The fraction of sp³-hybridized carbons (Fsp3) is 0.533. The second-order valence-corrected chi connectivity index (χ2v) is 5.91. The minimum Gasteiger partial charge on any atom is -0.394 e. The molecule has 1 fully saturated rings. The summed E-state index contributed by atoms with van der Waals surface area (Å²) in [7, 11) is 0. The molecule has 2 rings (SSSR count). The number of aliphatic hydroxyl groups excluding tert-OH is 1. The highest BCUT2D eigenvalue weighted by molar-refractivity contribution is 9.10. The van der Waals surface area contributed by atoms with Crippen LogP contribution in [0.25, 0.3) is 0 Å². The van der Waals surface area contributed by atoms with Crippen LogP contribution in [0.1, 0.15) is 30.1 Å². The average molecular weight is 342 g/mol. The van der Waals surface area contributed by atoms with Gasteiger partial charge in [0.1, 0.15) is 0 Å². The summed E-state index contributed by atoms with van der Waals surface area (Å²) in [5.41, 5.74) is 1.76. The van der Waals surface area contributed by atoms with Crippen LogP contribution in [0.5, 0.6) is 0 Å². The number of carbonyl (C=O) groups is 1. The lowest BCUT2D eigenvalue weighted by Crippen LogP contribution is -2.38. The van der Waals surface area contributed by atoms with Crippen LogP contribution in [0, 0.1) is 0 Å². The van der Waals surface area contributed by atoms with E-state index in [0.717, 1.165) is 41.7 Å². The summed E-state index contributed by atoms with van der Waals surface area (Å²) in [6.45, 7) is 3.81. The number of nitrogens with zero attached hydrogens (tertiary/aromatic N) is 1. The van der Waals surface area contributed by atoms with Gasteiger partial charge in [0.2, 0.25) is 0 Å². The minimum atomic E-state index is 0.0698. The molecule has 20 heavy (non-hydrogen) atoms. The zero-order chi connectivity index (χ0) is 14.5. The maximum absolute atomic E-state index is 11.7. The SMILES string of the molecule is CC(=O)c1ccc(Br)cc1N1CCC(OCCO)CC1. The lowest BCUT2D eigenvalue weighted by Gasteiger charge is -2.34. The van der Waals surface area contributed by atoms with Crippen molar-refractivity contribution in [3.05, 3.63) is 28.2 Å². The van der Waals surface area contributed by atoms with Gasteiger partial charge in [0.05, 0.1) is 19.3 Å². The average Bonchev–Trinajstić information content (AvgIpc) is 2.45. The molecule has 0 unspecified atom stereocenters. The van der Waals surface area contributed by atoms with E-state index < -0.39 is 0 Å². The van der Waals surface area contributed by atoms with E-state index in [4.69, 9.17) is 9.84 Å². The van der Waals surface area contributed by atoms with Gasteiger partial charge in [-0.1, -0.05) is 15.9 Å². The first-order valence-electron chi connectivity index (χ1n) is 6.89. The van der Waals surface area contributed by atoms with Gasteiger partial charge in [0, 0.05) is 28.8 Å². The fourth-order valence-electron chi connectivity index (χ4n) is 2.55. The first-order valence-corrected chi connectivity index (χ1v) is 7.69. The summed E-state index contributed by atoms with van der Waals surface area (Å²) in [6, 6.07) is 5.78. The number of ether oxygens (including phenoxy) is 1. The highest BCUT2D eigenvalue weighted by Gasteiger charge is 2.22. The molecule has 5 heteroatoms. The van der Waals surface area contributed by atoms with Crippen molar-refractivity contribution in [3.63, 3.8) is 0 Å². The van der Waals surface area contributed by atoms with E-state index >= 15 is 0 Å². The predicted molar refractivity (Wildman–Crippen MR) is 82.4 cm³/mol. The number of carbonyl (C=O) groups excluding carboxylic acids is 1. The Morgan fingerprint density at radius 1 is 1.45 bits per heavy atom. The van der Waals surface area contributed by atoms with Crippen LogP contribution in [-0.2, 0) is 4.74 Å². The van der Waals surface area contributed by atoms with Gasteiger partial charge in [0.25, 0.3) is 0 Å². The smallest absolute Gasteiger partial charge is 0.161 e. The minimum absolute atomic E-state index is 0.0698. The van der Waals surface area contributed by atoms with Crippen LogP contribution in [0.2, 0.25) is 0 Å². The van der Waals surface area contributed by atoms with Crippen molar-refractivity contribution in [2.75, 3.05) is 31.2 Å². The molecule has 0 saturated carbocycles. The highest BCUT2D eigenvalue weighted by Crippen LogP contribution is 2.28. The van der Waals surface area contributed by atoms with Crippen molar-refractivity contribution in [1.82, 2.24) is 0 Å².